The number of alkyl halides is 6. The molecule has 0 saturated heterocycles. The van der Waals surface area contributed by atoms with Gasteiger partial charge in [-0.25, -0.2) is 9.59 Å². The van der Waals surface area contributed by atoms with Crippen LogP contribution in [-0.2, 0) is 31.4 Å². The van der Waals surface area contributed by atoms with Gasteiger partial charge in [0.15, 0.2) is 0 Å². The zero-order valence-corrected chi connectivity index (χ0v) is 23.6. The van der Waals surface area contributed by atoms with Crippen molar-refractivity contribution in [3.8, 4) is 0 Å². The maximum atomic E-state index is 13.1. The van der Waals surface area contributed by atoms with Crippen molar-refractivity contribution in [2.75, 3.05) is 32.4 Å². The van der Waals surface area contributed by atoms with E-state index in [1.807, 2.05) is 0 Å². The van der Waals surface area contributed by atoms with Crippen LogP contribution >= 0.6 is 0 Å². The summed E-state index contributed by atoms with van der Waals surface area (Å²) in [7, 11) is 3.50. The maximum absolute atomic E-state index is 13.1. The van der Waals surface area contributed by atoms with Crippen molar-refractivity contribution in [2.24, 2.45) is 0 Å². The molecule has 2 aromatic carbocycles. The molecule has 2 rings (SSSR count). The van der Waals surface area contributed by atoms with E-state index in [4.69, 9.17) is 10.5 Å². The molecule has 0 aliphatic carbocycles. The van der Waals surface area contributed by atoms with E-state index in [1.54, 1.807) is 6.92 Å². The predicted molar refractivity (Wildman–Crippen MR) is 140 cm³/mol. The molecule has 2 aromatic rings. The number of methoxy groups -OCH3 is 3. The Hall–Kier alpha value is -3.85. The van der Waals surface area contributed by atoms with Crippen molar-refractivity contribution < 1.29 is 60.0 Å². The van der Waals surface area contributed by atoms with E-state index in [0.29, 0.717) is 12.5 Å². The Labute approximate surface area is 237 Å². The summed E-state index contributed by atoms with van der Waals surface area (Å²) in [6.45, 7) is 4.29. The highest BCUT2D eigenvalue weighted by Gasteiger charge is 2.38. The van der Waals surface area contributed by atoms with Gasteiger partial charge in [0.25, 0.3) is 0 Å². The van der Waals surface area contributed by atoms with Crippen LogP contribution in [0.5, 0.6) is 0 Å². The van der Waals surface area contributed by atoms with Crippen molar-refractivity contribution in [1.29, 1.82) is 0 Å². The van der Waals surface area contributed by atoms with Crippen LogP contribution in [0.1, 0.15) is 88.8 Å². The van der Waals surface area contributed by atoms with Crippen LogP contribution in [-0.4, -0.2) is 44.3 Å². The van der Waals surface area contributed by atoms with Gasteiger partial charge in [-0.15, -0.1) is 0 Å². The third-order valence-corrected chi connectivity index (χ3v) is 5.89. The summed E-state index contributed by atoms with van der Waals surface area (Å²) >= 11 is 0. The van der Waals surface area contributed by atoms with Crippen LogP contribution in [0.3, 0.4) is 0 Å². The van der Waals surface area contributed by atoms with Gasteiger partial charge in [0, 0.05) is 19.7 Å². The summed E-state index contributed by atoms with van der Waals surface area (Å²) in [6.07, 6.45) is -11.1. The normalized spacial score (nSPS) is 12.9. The highest BCUT2D eigenvalue weighted by molar-refractivity contribution is 6.01. The Balaban J connectivity index is 0.000000422. The number of ether oxygens (including phenoxy) is 3. The molecule has 2 atom stereocenters. The third-order valence-electron chi connectivity index (χ3n) is 5.89. The second-order valence-corrected chi connectivity index (χ2v) is 8.73. The van der Waals surface area contributed by atoms with Gasteiger partial charge in [-0.1, -0.05) is 13.8 Å². The summed E-state index contributed by atoms with van der Waals surface area (Å²) in [4.78, 5) is 34.3. The molecule has 0 heterocycles. The standard InChI is InChI=1S/C14H16F3NO4.C13H16F3NO3/c1-4-12(20)8-5-9(13(21)22-3)11(18-7(2)19)6-10(8)14(15,16)17;1-4-11(19-2)7-5-8(12(18)20-3)10(17)6-9(7)13(14,15)16/h5-6,12,20H,4H2,1-3H3,(H,18,19);5-6,11H,4,17H2,1-3H3. The summed E-state index contributed by atoms with van der Waals surface area (Å²) in [5.74, 6) is -2.34. The molecule has 1 amide bonds. The Morgan fingerprint density at radius 2 is 1.31 bits per heavy atom. The van der Waals surface area contributed by atoms with Crippen LogP contribution in [0.4, 0.5) is 37.7 Å². The average molecular weight is 611 g/mol. The fourth-order valence-electron chi connectivity index (χ4n) is 3.87. The molecule has 0 spiro atoms. The number of nitrogens with one attached hydrogen (secondary N) is 1. The number of esters is 2. The summed E-state index contributed by atoms with van der Waals surface area (Å²) < 4.78 is 92.6. The van der Waals surface area contributed by atoms with Gasteiger partial charge >= 0.3 is 24.3 Å². The lowest BCUT2D eigenvalue weighted by molar-refractivity contribution is -0.140. The smallest absolute Gasteiger partial charge is 0.416 e. The number of carbonyl (C=O) groups is 3. The van der Waals surface area contributed by atoms with Gasteiger partial charge in [-0.3, -0.25) is 4.79 Å². The number of rotatable bonds is 8. The van der Waals surface area contributed by atoms with Crippen LogP contribution in [0.2, 0.25) is 0 Å². The second kappa shape index (κ2) is 14.9. The summed E-state index contributed by atoms with van der Waals surface area (Å²) in [6, 6.07) is 3.35. The Morgan fingerprint density at radius 3 is 1.71 bits per heavy atom. The van der Waals surface area contributed by atoms with Crippen LogP contribution in [0.25, 0.3) is 0 Å². The van der Waals surface area contributed by atoms with E-state index < -0.39 is 59.1 Å². The first-order chi connectivity index (χ1) is 19.4. The zero-order chi connectivity index (χ0) is 32.6. The molecule has 0 aromatic heterocycles. The molecule has 0 aliphatic heterocycles. The molecule has 9 nitrogen and oxygen atoms in total. The average Bonchev–Trinajstić information content (AvgIpc) is 2.91. The molecule has 42 heavy (non-hydrogen) atoms. The molecule has 0 aliphatic rings. The Kier molecular flexibility index (Phi) is 12.8. The Bertz CT molecular complexity index is 1280. The fourth-order valence-corrected chi connectivity index (χ4v) is 3.87. The predicted octanol–water partition coefficient (Wildman–Crippen LogP) is 6.07. The number of amides is 1. The fraction of sp³-hybridized carbons (Fsp3) is 0.444. The van der Waals surface area contributed by atoms with Crippen molar-refractivity contribution in [3.05, 3.63) is 57.6 Å². The largest absolute Gasteiger partial charge is 0.465 e. The number of hydrogen-bond acceptors (Lipinski definition) is 8. The molecule has 15 heteroatoms. The van der Waals surface area contributed by atoms with Crippen LogP contribution in [0, 0.1) is 0 Å². The number of aliphatic hydroxyl groups excluding tert-OH is 1. The number of anilines is 2. The van der Waals surface area contributed by atoms with E-state index in [-0.39, 0.29) is 34.5 Å². The lowest BCUT2D eigenvalue weighted by atomic mass is 9.96. The molecule has 0 fully saturated rings. The van der Waals surface area contributed by atoms with Crippen LogP contribution in [0.15, 0.2) is 24.3 Å². The van der Waals surface area contributed by atoms with Crippen molar-refractivity contribution in [2.45, 2.75) is 58.2 Å². The van der Waals surface area contributed by atoms with Gasteiger partial charge in [0.1, 0.15) is 0 Å². The molecular weight excluding hydrogens is 578 g/mol. The zero-order valence-electron chi connectivity index (χ0n) is 23.6. The highest BCUT2D eigenvalue weighted by atomic mass is 19.4. The SMILES string of the molecule is CCC(O)c1cc(C(=O)OC)c(NC(C)=O)cc1C(F)(F)F.CCC(OC)c1cc(C(=O)OC)c(N)cc1C(F)(F)F. The van der Waals surface area contributed by atoms with E-state index in [9.17, 15) is 45.8 Å². The number of carbonyl (C=O) groups excluding carboxylic acids is 3. The minimum atomic E-state index is -4.74. The van der Waals surface area contributed by atoms with Crippen molar-refractivity contribution >= 4 is 29.2 Å². The van der Waals surface area contributed by atoms with Gasteiger partial charge in [-0.2, -0.15) is 26.3 Å². The number of benzene rings is 2. The minimum absolute atomic E-state index is 0.0309. The number of aliphatic hydroxyl groups is 1. The maximum Gasteiger partial charge on any atom is 0.416 e. The third kappa shape index (κ3) is 9.08. The second-order valence-electron chi connectivity index (χ2n) is 8.73. The van der Waals surface area contributed by atoms with Gasteiger partial charge in [0.05, 0.1) is 54.4 Å². The molecular formula is C27H32F6N2O7. The van der Waals surface area contributed by atoms with Crippen molar-refractivity contribution in [1.82, 2.24) is 0 Å². The first-order valence-electron chi connectivity index (χ1n) is 12.3. The topological polar surface area (TPSA) is 137 Å². The first kappa shape index (κ1) is 36.2. The van der Waals surface area contributed by atoms with Gasteiger partial charge < -0.3 is 30.4 Å². The first-order valence-corrected chi connectivity index (χ1v) is 12.3. The number of nitrogen functional groups attached to an aromatic ring is 1. The summed E-state index contributed by atoms with van der Waals surface area (Å²) in [5, 5.41) is 11.9. The molecule has 234 valence electrons. The van der Waals surface area contributed by atoms with E-state index in [2.05, 4.69) is 14.8 Å². The minimum Gasteiger partial charge on any atom is -0.465 e. The Morgan fingerprint density at radius 1 is 0.833 bits per heavy atom. The quantitative estimate of drug-likeness (QED) is 0.186. The highest BCUT2D eigenvalue weighted by Crippen LogP contribution is 2.40. The molecule has 0 saturated carbocycles. The van der Waals surface area contributed by atoms with E-state index >= 15 is 0 Å². The molecule has 4 N–H and O–H groups in total. The molecule has 0 bridgehead atoms. The van der Waals surface area contributed by atoms with E-state index in [0.717, 1.165) is 39.3 Å². The van der Waals surface area contributed by atoms with E-state index in [1.165, 1.54) is 14.0 Å². The van der Waals surface area contributed by atoms with Gasteiger partial charge in [0.2, 0.25) is 5.91 Å². The monoisotopic (exact) mass is 610 g/mol. The number of halogens is 6. The molecule has 2 unspecified atom stereocenters. The van der Waals surface area contributed by atoms with Gasteiger partial charge in [-0.05, 0) is 48.2 Å². The number of hydrogen-bond donors (Lipinski definition) is 3. The lowest BCUT2D eigenvalue weighted by Gasteiger charge is -2.21. The number of nitrogens with two attached hydrogens (primary N) is 1. The van der Waals surface area contributed by atoms with Crippen molar-refractivity contribution in [3.63, 3.8) is 0 Å². The lowest BCUT2D eigenvalue weighted by Crippen LogP contribution is -2.18. The molecule has 0 radical (unpaired) electrons. The van der Waals surface area contributed by atoms with Crippen LogP contribution < -0.4 is 11.1 Å². The summed E-state index contributed by atoms with van der Waals surface area (Å²) in [5.41, 5.74) is 1.96.